The molecule has 1 N–H and O–H groups in total. The van der Waals surface area contributed by atoms with E-state index in [1.807, 2.05) is 4.90 Å². The van der Waals surface area contributed by atoms with Crippen LogP contribution in [-0.2, 0) is 0 Å². The van der Waals surface area contributed by atoms with Gasteiger partial charge in [-0.1, -0.05) is 31.4 Å². The first-order chi connectivity index (χ1) is 11.8. The van der Waals surface area contributed by atoms with Crippen molar-refractivity contribution in [3.63, 3.8) is 0 Å². The monoisotopic (exact) mass is 327 g/mol. The van der Waals surface area contributed by atoms with Crippen LogP contribution in [0.25, 0.3) is 0 Å². The van der Waals surface area contributed by atoms with Crippen LogP contribution in [0, 0.1) is 0 Å². The lowest BCUT2D eigenvalue weighted by atomic mass is 9.90. The van der Waals surface area contributed by atoms with Crippen LogP contribution >= 0.6 is 0 Å². The summed E-state index contributed by atoms with van der Waals surface area (Å²) in [5.74, 6) is 0.674. The fourth-order valence-corrected chi connectivity index (χ4v) is 4.61. The van der Waals surface area contributed by atoms with E-state index >= 15 is 0 Å². The lowest BCUT2D eigenvalue weighted by Crippen LogP contribution is -2.40. The van der Waals surface area contributed by atoms with Crippen LogP contribution in [0.3, 0.4) is 0 Å². The lowest BCUT2D eigenvalue weighted by Gasteiger charge is -2.31. The van der Waals surface area contributed by atoms with Gasteiger partial charge in [0.1, 0.15) is 0 Å². The zero-order chi connectivity index (χ0) is 16.4. The summed E-state index contributed by atoms with van der Waals surface area (Å²) in [7, 11) is 0. The average molecular weight is 327 g/mol. The molecule has 0 unspecified atom stereocenters. The van der Waals surface area contributed by atoms with Crippen LogP contribution in [-0.4, -0.2) is 43.2 Å². The number of hydrogen-bond acceptors (Lipinski definition) is 2. The van der Waals surface area contributed by atoms with E-state index in [1.54, 1.807) is 0 Å². The number of benzene rings is 1. The first kappa shape index (κ1) is 15.9. The Labute approximate surface area is 145 Å². The van der Waals surface area contributed by atoms with Crippen LogP contribution in [0.1, 0.15) is 56.4 Å². The molecule has 2 amide bonds. The van der Waals surface area contributed by atoms with Crippen molar-refractivity contribution in [3.05, 3.63) is 29.8 Å². The van der Waals surface area contributed by atoms with Crippen LogP contribution in [0.15, 0.2) is 24.3 Å². The van der Waals surface area contributed by atoms with Gasteiger partial charge in [-0.2, -0.15) is 0 Å². The quantitative estimate of drug-likeness (QED) is 0.918. The van der Waals surface area contributed by atoms with Gasteiger partial charge in [-0.25, -0.2) is 4.79 Å². The number of anilines is 1. The highest BCUT2D eigenvalue weighted by molar-refractivity contribution is 5.94. The maximum absolute atomic E-state index is 12.8. The molecular formula is C20H29N3O. The molecular weight excluding hydrogens is 298 g/mol. The van der Waals surface area contributed by atoms with E-state index in [-0.39, 0.29) is 6.03 Å². The minimum atomic E-state index is 0.219. The Hall–Kier alpha value is -1.55. The lowest BCUT2D eigenvalue weighted by molar-refractivity contribution is 0.181. The van der Waals surface area contributed by atoms with Crippen molar-refractivity contribution in [2.75, 3.05) is 31.1 Å². The summed E-state index contributed by atoms with van der Waals surface area (Å²) in [5.41, 5.74) is 2.49. The second-order valence-electron chi connectivity index (χ2n) is 7.54. The van der Waals surface area contributed by atoms with Gasteiger partial charge in [-0.05, 0) is 62.4 Å². The third-order valence-corrected chi connectivity index (χ3v) is 6.07. The van der Waals surface area contributed by atoms with Gasteiger partial charge in [0.15, 0.2) is 0 Å². The third-order valence-electron chi connectivity index (χ3n) is 6.07. The molecule has 2 saturated heterocycles. The summed E-state index contributed by atoms with van der Waals surface area (Å²) in [5, 5.41) is 3.42. The number of hydrogen-bond donors (Lipinski definition) is 1. The number of carbonyl (C=O) groups excluding carboxylic acids is 1. The Balaban J connectivity index is 1.43. The Morgan fingerprint density at radius 1 is 0.875 bits per heavy atom. The molecule has 0 atom stereocenters. The molecule has 1 aromatic rings. The van der Waals surface area contributed by atoms with E-state index < -0.39 is 0 Å². The van der Waals surface area contributed by atoms with Crippen molar-refractivity contribution < 1.29 is 4.79 Å². The summed E-state index contributed by atoms with van der Waals surface area (Å²) < 4.78 is 0. The van der Waals surface area contributed by atoms with Gasteiger partial charge in [-0.15, -0.1) is 0 Å². The van der Waals surface area contributed by atoms with Crippen molar-refractivity contribution in [2.24, 2.45) is 0 Å². The standard InChI is InChI=1S/C20H29N3O/c24-20-22(18-4-2-1-3-5-18)14-15-23(20)19-8-6-16(7-9-19)17-10-12-21-13-11-17/h6-9,17-18,21H,1-5,10-15H2. The van der Waals surface area contributed by atoms with Crippen LogP contribution in [0.2, 0.25) is 0 Å². The number of amides is 2. The summed E-state index contributed by atoms with van der Waals surface area (Å²) >= 11 is 0. The summed E-state index contributed by atoms with van der Waals surface area (Å²) in [4.78, 5) is 16.9. The second kappa shape index (κ2) is 7.14. The van der Waals surface area contributed by atoms with Crippen LogP contribution in [0.4, 0.5) is 10.5 Å². The van der Waals surface area contributed by atoms with E-state index in [0.717, 1.165) is 31.9 Å². The zero-order valence-electron chi connectivity index (χ0n) is 14.5. The largest absolute Gasteiger partial charge is 0.324 e. The molecule has 0 radical (unpaired) electrons. The first-order valence-electron chi connectivity index (χ1n) is 9.72. The van der Waals surface area contributed by atoms with E-state index in [4.69, 9.17) is 0 Å². The molecule has 0 aromatic heterocycles. The molecule has 4 heteroatoms. The first-order valence-corrected chi connectivity index (χ1v) is 9.72. The molecule has 1 saturated carbocycles. The number of carbonyl (C=O) groups is 1. The Morgan fingerprint density at radius 3 is 2.29 bits per heavy atom. The topological polar surface area (TPSA) is 35.6 Å². The molecule has 2 heterocycles. The maximum Gasteiger partial charge on any atom is 0.324 e. The normalized spacial score (nSPS) is 23.9. The van der Waals surface area contributed by atoms with Crippen molar-refractivity contribution in [1.29, 1.82) is 0 Å². The van der Waals surface area contributed by atoms with Gasteiger partial charge in [0.25, 0.3) is 0 Å². The Kier molecular flexibility index (Phi) is 4.74. The molecule has 1 aliphatic carbocycles. The highest BCUT2D eigenvalue weighted by Crippen LogP contribution is 2.30. The molecule has 24 heavy (non-hydrogen) atoms. The van der Waals surface area contributed by atoms with Gasteiger partial charge in [0, 0.05) is 24.8 Å². The number of rotatable bonds is 3. The highest BCUT2D eigenvalue weighted by Gasteiger charge is 2.34. The predicted octanol–water partition coefficient (Wildman–Crippen LogP) is 3.73. The molecule has 0 bridgehead atoms. The van der Waals surface area contributed by atoms with Gasteiger partial charge >= 0.3 is 6.03 Å². The SMILES string of the molecule is O=C1N(c2ccc(C3CCNCC3)cc2)CCN1C1CCCCC1. The van der Waals surface area contributed by atoms with Gasteiger partial charge < -0.3 is 10.2 Å². The number of nitrogens with one attached hydrogen (secondary N) is 1. The fraction of sp³-hybridized carbons (Fsp3) is 0.650. The minimum Gasteiger partial charge on any atom is -0.320 e. The van der Waals surface area contributed by atoms with Gasteiger partial charge in [-0.3, -0.25) is 4.90 Å². The number of piperidine rings is 1. The Bertz CT molecular complexity index is 559. The summed E-state index contributed by atoms with van der Waals surface area (Å²) in [6.07, 6.45) is 8.70. The van der Waals surface area contributed by atoms with Crippen LogP contribution in [0.5, 0.6) is 0 Å². The molecule has 3 fully saturated rings. The Morgan fingerprint density at radius 2 is 1.58 bits per heavy atom. The fourth-order valence-electron chi connectivity index (χ4n) is 4.61. The van der Waals surface area contributed by atoms with Gasteiger partial charge in [0.2, 0.25) is 0 Å². The van der Waals surface area contributed by atoms with E-state index in [0.29, 0.717) is 12.0 Å². The minimum absolute atomic E-state index is 0.219. The van der Waals surface area contributed by atoms with E-state index in [9.17, 15) is 4.79 Å². The molecule has 0 spiro atoms. The molecule has 130 valence electrons. The highest BCUT2D eigenvalue weighted by atomic mass is 16.2. The molecule has 2 aliphatic heterocycles. The molecule has 4 nitrogen and oxygen atoms in total. The van der Waals surface area contributed by atoms with Crippen molar-refractivity contribution in [3.8, 4) is 0 Å². The predicted molar refractivity (Wildman–Crippen MR) is 97.6 cm³/mol. The molecule has 4 rings (SSSR count). The molecule has 3 aliphatic rings. The van der Waals surface area contributed by atoms with Crippen LogP contribution < -0.4 is 10.2 Å². The smallest absolute Gasteiger partial charge is 0.320 e. The summed E-state index contributed by atoms with van der Waals surface area (Å²) in [6.45, 7) is 3.96. The second-order valence-corrected chi connectivity index (χ2v) is 7.54. The molecule has 1 aromatic carbocycles. The zero-order valence-corrected chi connectivity index (χ0v) is 14.5. The number of nitrogens with zero attached hydrogens (tertiary/aromatic N) is 2. The third kappa shape index (κ3) is 3.16. The average Bonchev–Trinajstić information content (AvgIpc) is 3.05. The van der Waals surface area contributed by atoms with Crippen molar-refractivity contribution >= 4 is 11.7 Å². The van der Waals surface area contributed by atoms with Crippen molar-refractivity contribution in [1.82, 2.24) is 10.2 Å². The van der Waals surface area contributed by atoms with E-state index in [1.165, 1.54) is 50.5 Å². The summed E-state index contributed by atoms with van der Waals surface area (Å²) in [6, 6.07) is 9.48. The maximum atomic E-state index is 12.8. The van der Waals surface area contributed by atoms with E-state index in [2.05, 4.69) is 34.5 Å². The van der Waals surface area contributed by atoms with Crippen molar-refractivity contribution in [2.45, 2.75) is 56.9 Å². The van der Waals surface area contributed by atoms with Gasteiger partial charge in [0.05, 0.1) is 0 Å². The number of urea groups is 1.